The van der Waals surface area contributed by atoms with Gasteiger partial charge in [0.1, 0.15) is 5.82 Å². The molecule has 0 amide bonds. The maximum Gasteiger partial charge on any atom is 0.177 e. The van der Waals surface area contributed by atoms with E-state index in [9.17, 15) is 0 Å². The summed E-state index contributed by atoms with van der Waals surface area (Å²) in [5, 5.41) is 2.01. The standard InChI is InChI=1S/C11H9BrN4S/c12-6-4-7-10(14-5-6)16-11(15-7)9(13)8-2-1-3-17-8/h1-5,9H,13H2,(H,14,15,16). The minimum Gasteiger partial charge on any atom is -0.339 e. The van der Waals surface area contributed by atoms with Gasteiger partial charge in [0.25, 0.3) is 0 Å². The molecule has 0 spiro atoms. The zero-order valence-electron chi connectivity index (χ0n) is 8.72. The van der Waals surface area contributed by atoms with Crippen LogP contribution in [0.25, 0.3) is 11.2 Å². The quantitative estimate of drug-likeness (QED) is 0.765. The number of fused-ring (bicyclic) bond motifs is 1. The molecule has 0 aliphatic rings. The van der Waals surface area contributed by atoms with Crippen molar-refractivity contribution in [3.8, 4) is 0 Å². The Balaban J connectivity index is 2.06. The molecule has 0 aromatic carbocycles. The van der Waals surface area contributed by atoms with Crippen LogP contribution in [0.1, 0.15) is 16.7 Å². The van der Waals surface area contributed by atoms with E-state index >= 15 is 0 Å². The number of nitrogens with one attached hydrogen (secondary N) is 1. The second-order valence-electron chi connectivity index (χ2n) is 3.64. The van der Waals surface area contributed by atoms with Gasteiger partial charge < -0.3 is 10.7 Å². The molecule has 3 aromatic rings. The van der Waals surface area contributed by atoms with Crippen LogP contribution in [-0.2, 0) is 0 Å². The highest BCUT2D eigenvalue weighted by atomic mass is 79.9. The number of rotatable bonds is 2. The number of H-pyrrole nitrogens is 1. The fraction of sp³-hybridized carbons (Fsp3) is 0.0909. The number of pyridine rings is 1. The van der Waals surface area contributed by atoms with E-state index < -0.39 is 0 Å². The Labute approximate surface area is 110 Å². The lowest BCUT2D eigenvalue weighted by Crippen LogP contribution is -2.11. The van der Waals surface area contributed by atoms with Crippen molar-refractivity contribution in [1.82, 2.24) is 15.0 Å². The van der Waals surface area contributed by atoms with Gasteiger partial charge in [0, 0.05) is 15.5 Å². The summed E-state index contributed by atoms with van der Waals surface area (Å²) in [6.07, 6.45) is 1.73. The van der Waals surface area contributed by atoms with Gasteiger partial charge in [-0.2, -0.15) is 0 Å². The lowest BCUT2D eigenvalue weighted by molar-refractivity contribution is 0.821. The molecule has 3 N–H and O–H groups in total. The Hall–Kier alpha value is -1.24. The highest BCUT2D eigenvalue weighted by Gasteiger charge is 2.14. The van der Waals surface area contributed by atoms with Crippen LogP contribution in [0.5, 0.6) is 0 Å². The van der Waals surface area contributed by atoms with Crippen LogP contribution in [0.4, 0.5) is 0 Å². The van der Waals surface area contributed by atoms with Gasteiger partial charge in [0.05, 0.1) is 11.6 Å². The van der Waals surface area contributed by atoms with Crippen LogP contribution in [0, 0.1) is 0 Å². The van der Waals surface area contributed by atoms with E-state index in [1.54, 1.807) is 17.5 Å². The summed E-state index contributed by atoms with van der Waals surface area (Å²) in [5.74, 6) is 0.744. The van der Waals surface area contributed by atoms with Gasteiger partial charge in [0.15, 0.2) is 5.65 Å². The highest BCUT2D eigenvalue weighted by Crippen LogP contribution is 2.24. The van der Waals surface area contributed by atoms with Crippen molar-refractivity contribution < 1.29 is 0 Å². The van der Waals surface area contributed by atoms with E-state index in [0.29, 0.717) is 5.65 Å². The SMILES string of the molecule is NC(c1nc2ncc(Br)cc2[nH]1)c1cccs1. The number of aromatic amines is 1. The molecule has 0 radical (unpaired) electrons. The molecule has 0 bridgehead atoms. The summed E-state index contributed by atoms with van der Waals surface area (Å²) in [7, 11) is 0. The van der Waals surface area contributed by atoms with E-state index in [1.165, 1.54) is 0 Å². The lowest BCUT2D eigenvalue weighted by atomic mass is 10.2. The molecule has 1 unspecified atom stereocenters. The van der Waals surface area contributed by atoms with Gasteiger partial charge in [-0.1, -0.05) is 6.07 Å². The molecular formula is C11H9BrN4S. The Morgan fingerprint density at radius 1 is 1.47 bits per heavy atom. The van der Waals surface area contributed by atoms with E-state index in [4.69, 9.17) is 5.73 Å². The number of nitrogens with two attached hydrogens (primary N) is 1. The molecule has 3 heterocycles. The van der Waals surface area contributed by atoms with E-state index in [1.807, 2.05) is 23.6 Å². The predicted molar refractivity (Wildman–Crippen MR) is 71.9 cm³/mol. The van der Waals surface area contributed by atoms with Crippen molar-refractivity contribution in [2.24, 2.45) is 5.73 Å². The third kappa shape index (κ3) is 1.99. The summed E-state index contributed by atoms with van der Waals surface area (Å²) in [4.78, 5) is 12.9. The van der Waals surface area contributed by atoms with Crippen molar-refractivity contribution in [3.63, 3.8) is 0 Å². The number of nitrogens with zero attached hydrogens (tertiary/aromatic N) is 2. The zero-order valence-corrected chi connectivity index (χ0v) is 11.1. The first-order valence-electron chi connectivity index (χ1n) is 5.04. The van der Waals surface area contributed by atoms with Crippen molar-refractivity contribution in [3.05, 3.63) is 45.0 Å². The Bertz CT molecular complexity index is 647. The molecule has 4 nitrogen and oxygen atoms in total. The van der Waals surface area contributed by atoms with Gasteiger partial charge in [-0.3, -0.25) is 0 Å². The third-order valence-electron chi connectivity index (χ3n) is 2.47. The molecule has 17 heavy (non-hydrogen) atoms. The maximum atomic E-state index is 6.14. The first-order valence-corrected chi connectivity index (χ1v) is 6.71. The van der Waals surface area contributed by atoms with Crippen LogP contribution in [0.15, 0.2) is 34.2 Å². The summed E-state index contributed by atoms with van der Waals surface area (Å²) in [6, 6.07) is 5.71. The molecule has 0 saturated heterocycles. The Morgan fingerprint density at radius 3 is 3.12 bits per heavy atom. The van der Waals surface area contributed by atoms with E-state index in [2.05, 4.69) is 30.9 Å². The van der Waals surface area contributed by atoms with Gasteiger partial charge in [-0.05, 0) is 33.4 Å². The molecule has 86 valence electrons. The van der Waals surface area contributed by atoms with Crippen molar-refractivity contribution in [2.75, 3.05) is 0 Å². The van der Waals surface area contributed by atoms with Gasteiger partial charge in [0.2, 0.25) is 0 Å². The average Bonchev–Trinajstić information content (AvgIpc) is 2.96. The first kappa shape index (κ1) is 10.9. The molecule has 0 saturated carbocycles. The highest BCUT2D eigenvalue weighted by molar-refractivity contribution is 9.10. The first-order chi connectivity index (χ1) is 8.24. The van der Waals surface area contributed by atoms with Crippen molar-refractivity contribution in [1.29, 1.82) is 0 Å². The van der Waals surface area contributed by atoms with Gasteiger partial charge in [-0.15, -0.1) is 11.3 Å². The molecular weight excluding hydrogens is 300 g/mol. The number of thiophene rings is 1. The molecule has 0 aliphatic heterocycles. The zero-order chi connectivity index (χ0) is 11.8. The second-order valence-corrected chi connectivity index (χ2v) is 5.53. The van der Waals surface area contributed by atoms with E-state index in [0.717, 1.165) is 20.7 Å². The predicted octanol–water partition coefficient (Wildman–Crippen LogP) is 2.83. The molecule has 1 atom stereocenters. The van der Waals surface area contributed by atoms with Crippen LogP contribution in [-0.4, -0.2) is 15.0 Å². The van der Waals surface area contributed by atoms with Crippen molar-refractivity contribution >= 4 is 38.4 Å². The summed E-state index contributed by atoms with van der Waals surface area (Å²) < 4.78 is 0.921. The Kier molecular flexibility index (Phi) is 2.70. The smallest absolute Gasteiger partial charge is 0.177 e. The lowest BCUT2D eigenvalue weighted by Gasteiger charge is -2.04. The number of hydrogen-bond donors (Lipinski definition) is 2. The van der Waals surface area contributed by atoms with Crippen LogP contribution < -0.4 is 5.73 Å². The van der Waals surface area contributed by atoms with E-state index in [-0.39, 0.29) is 6.04 Å². The van der Waals surface area contributed by atoms with Crippen LogP contribution in [0.3, 0.4) is 0 Å². The summed E-state index contributed by atoms with van der Waals surface area (Å²) >= 11 is 5.00. The second kappa shape index (κ2) is 4.21. The molecule has 3 rings (SSSR count). The third-order valence-corrected chi connectivity index (χ3v) is 3.86. The molecule has 0 aliphatic carbocycles. The number of hydrogen-bond acceptors (Lipinski definition) is 4. The fourth-order valence-corrected chi connectivity index (χ4v) is 2.70. The Morgan fingerprint density at radius 2 is 2.35 bits per heavy atom. The maximum absolute atomic E-state index is 6.14. The average molecular weight is 309 g/mol. The van der Waals surface area contributed by atoms with Crippen molar-refractivity contribution in [2.45, 2.75) is 6.04 Å². The monoisotopic (exact) mass is 308 g/mol. The summed E-state index contributed by atoms with van der Waals surface area (Å²) in [5.41, 5.74) is 7.72. The largest absolute Gasteiger partial charge is 0.339 e. The number of imidazole rings is 1. The molecule has 6 heteroatoms. The molecule has 0 fully saturated rings. The fourth-order valence-electron chi connectivity index (χ4n) is 1.64. The molecule has 3 aromatic heterocycles. The van der Waals surface area contributed by atoms with Crippen LogP contribution in [0.2, 0.25) is 0 Å². The minimum atomic E-state index is -0.219. The number of halogens is 1. The number of aromatic nitrogens is 3. The minimum absolute atomic E-state index is 0.219. The van der Waals surface area contributed by atoms with Gasteiger partial charge in [-0.25, -0.2) is 9.97 Å². The summed E-state index contributed by atoms with van der Waals surface area (Å²) in [6.45, 7) is 0. The van der Waals surface area contributed by atoms with Crippen LogP contribution >= 0.6 is 27.3 Å². The van der Waals surface area contributed by atoms with Gasteiger partial charge >= 0.3 is 0 Å². The normalized spacial score (nSPS) is 13.1. The topological polar surface area (TPSA) is 67.6 Å².